The Kier molecular flexibility index (Phi) is 6.74. The third-order valence-corrected chi connectivity index (χ3v) is 5.47. The molecule has 8 heteroatoms. The van der Waals surface area contributed by atoms with Gasteiger partial charge in [-0.15, -0.1) is 0 Å². The van der Waals surface area contributed by atoms with Crippen molar-refractivity contribution in [2.45, 2.75) is 12.8 Å². The lowest BCUT2D eigenvalue weighted by Gasteiger charge is -2.31. The molecule has 154 valence electrons. The number of hydrogen-bond acceptors (Lipinski definition) is 4. The summed E-state index contributed by atoms with van der Waals surface area (Å²) in [6.45, 7) is 0.905. The van der Waals surface area contributed by atoms with Crippen LogP contribution in [0.2, 0.25) is 0 Å². The molecule has 1 aliphatic rings. The Labute approximate surface area is 177 Å². The summed E-state index contributed by atoms with van der Waals surface area (Å²) in [5.41, 5.74) is 0.657. The number of amides is 2. The van der Waals surface area contributed by atoms with E-state index in [0.29, 0.717) is 47.5 Å². The van der Waals surface area contributed by atoms with Gasteiger partial charge in [0, 0.05) is 29.0 Å². The van der Waals surface area contributed by atoms with E-state index in [2.05, 4.69) is 21.2 Å². The molecule has 2 aromatic carbocycles. The van der Waals surface area contributed by atoms with E-state index in [1.54, 1.807) is 29.2 Å². The number of carbonyl (C=O) groups excluding carboxylic acids is 2. The fraction of sp³-hybridized carbons (Fsp3) is 0.333. The molecule has 3 rings (SSSR count). The summed E-state index contributed by atoms with van der Waals surface area (Å²) >= 11 is 3.19. The van der Waals surface area contributed by atoms with E-state index in [1.165, 1.54) is 26.4 Å². The van der Waals surface area contributed by atoms with E-state index >= 15 is 0 Å². The maximum Gasteiger partial charge on any atom is 0.253 e. The van der Waals surface area contributed by atoms with E-state index in [1.807, 2.05) is 0 Å². The van der Waals surface area contributed by atoms with Gasteiger partial charge < -0.3 is 19.7 Å². The van der Waals surface area contributed by atoms with Gasteiger partial charge in [0.05, 0.1) is 19.9 Å². The molecule has 0 unspecified atom stereocenters. The average molecular weight is 465 g/mol. The highest BCUT2D eigenvalue weighted by atomic mass is 79.9. The maximum atomic E-state index is 13.9. The minimum absolute atomic E-state index is 0.122. The van der Waals surface area contributed by atoms with E-state index < -0.39 is 5.82 Å². The zero-order valence-electron chi connectivity index (χ0n) is 16.2. The molecule has 1 aliphatic heterocycles. The molecule has 2 aromatic rings. The zero-order valence-corrected chi connectivity index (χ0v) is 17.8. The number of halogens is 2. The first kappa shape index (κ1) is 21.1. The molecule has 0 aromatic heterocycles. The van der Waals surface area contributed by atoms with Crippen LogP contribution in [0.3, 0.4) is 0 Å². The van der Waals surface area contributed by atoms with Crippen molar-refractivity contribution in [3.8, 4) is 11.5 Å². The fourth-order valence-electron chi connectivity index (χ4n) is 3.32. The predicted octanol–water partition coefficient (Wildman–Crippen LogP) is 4.10. The summed E-state index contributed by atoms with van der Waals surface area (Å²) in [4.78, 5) is 27.0. The number of ether oxygens (including phenoxy) is 2. The molecule has 29 heavy (non-hydrogen) atoms. The van der Waals surface area contributed by atoms with Crippen molar-refractivity contribution in [3.05, 3.63) is 52.3 Å². The Morgan fingerprint density at radius 3 is 2.38 bits per heavy atom. The molecule has 0 aliphatic carbocycles. The number of hydrogen-bond donors (Lipinski definition) is 1. The number of likely N-dealkylation sites (tertiary alicyclic amines) is 1. The first-order valence-corrected chi connectivity index (χ1v) is 9.99. The summed E-state index contributed by atoms with van der Waals surface area (Å²) in [5.74, 6) is -0.0711. The van der Waals surface area contributed by atoms with Gasteiger partial charge in [0.25, 0.3) is 5.91 Å². The second kappa shape index (κ2) is 9.26. The van der Waals surface area contributed by atoms with Crippen LogP contribution < -0.4 is 14.8 Å². The van der Waals surface area contributed by atoms with Gasteiger partial charge in [-0.25, -0.2) is 4.39 Å². The molecular weight excluding hydrogens is 443 g/mol. The van der Waals surface area contributed by atoms with Gasteiger partial charge in [-0.1, -0.05) is 15.9 Å². The molecule has 1 saturated heterocycles. The maximum absolute atomic E-state index is 13.9. The summed E-state index contributed by atoms with van der Waals surface area (Å²) in [5, 5.41) is 2.64. The fourth-order valence-corrected chi connectivity index (χ4v) is 3.66. The van der Waals surface area contributed by atoms with Crippen molar-refractivity contribution in [2.75, 3.05) is 32.6 Å². The van der Waals surface area contributed by atoms with Crippen LogP contribution in [0.4, 0.5) is 10.1 Å². The number of nitrogens with one attached hydrogen (secondary N) is 1. The van der Waals surface area contributed by atoms with Crippen LogP contribution >= 0.6 is 15.9 Å². The third kappa shape index (κ3) is 4.87. The number of piperidine rings is 1. The first-order chi connectivity index (χ1) is 13.9. The highest BCUT2D eigenvalue weighted by Gasteiger charge is 2.28. The summed E-state index contributed by atoms with van der Waals surface area (Å²) in [7, 11) is 3.06. The molecule has 1 N–H and O–H groups in total. The van der Waals surface area contributed by atoms with Crippen LogP contribution in [-0.2, 0) is 4.79 Å². The van der Waals surface area contributed by atoms with E-state index in [4.69, 9.17) is 9.47 Å². The molecule has 1 heterocycles. The van der Waals surface area contributed by atoms with Crippen molar-refractivity contribution in [1.82, 2.24) is 4.90 Å². The Balaban J connectivity index is 1.59. The predicted molar refractivity (Wildman–Crippen MR) is 111 cm³/mol. The van der Waals surface area contributed by atoms with E-state index in [-0.39, 0.29) is 23.4 Å². The highest BCUT2D eigenvalue weighted by molar-refractivity contribution is 9.10. The molecule has 2 amide bonds. The van der Waals surface area contributed by atoms with E-state index in [9.17, 15) is 14.0 Å². The topological polar surface area (TPSA) is 67.9 Å². The minimum atomic E-state index is -0.492. The van der Waals surface area contributed by atoms with Crippen molar-refractivity contribution in [1.29, 1.82) is 0 Å². The smallest absolute Gasteiger partial charge is 0.253 e. The second-order valence-electron chi connectivity index (χ2n) is 6.75. The summed E-state index contributed by atoms with van der Waals surface area (Å²) < 4.78 is 25.0. The second-order valence-corrected chi connectivity index (χ2v) is 7.67. The Morgan fingerprint density at radius 1 is 1.07 bits per heavy atom. The number of rotatable bonds is 5. The molecule has 6 nitrogen and oxygen atoms in total. The lowest BCUT2D eigenvalue weighted by Crippen LogP contribution is -2.41. The van der Waals surface area contributed by atoms with Crippen LogP contribution in [-0.4, -0.2) is 44.0 Å². The SMILES string of the molecule is COc1ccc(C(=O)N2CCC(C(=O)Nc3ccc(Br)cc3F)CC2)cc1OC. The summed E-state index contributed by atoms with van der Waals surface area (Å²) in [6.07, 6.45) is 1.03. The number of carbonyl (C=O) groups is 2. The van der Waals surface area contributed by atoms with Crippen LogP contribution in [0.1, 0.15) is 23.2 Å². The van der Waals surface area contributed by atoms with Gasteiger partial charge in [-0.2, -0.15) is 0 Å². The zero-order chi connectivity index (χ0) is 21.0. The minimum Gasteiger partial charge on any atom is -0.493 e. The lowest BCUT2D eigenvalue weighted by atomic mass is 9.95. The molecule has 0 radical (unpaired) electrons. The number of methoxy groups -OCH3 is 2. The number of anilines is 1. The van der Waals surface area contributed by atoms with Gasteiger partial charge in [-0.3, -0.25) is 9.59 Å². The van der Waals surface area contributed by atoms with Crippen molar-refractivity contribution >= 4 is 33.4 Å². The number of benzene rings is 2. The van der Waals surface area contributed by atoms with Crippen LogP contribution in [0.5, 0.6) is 11.5 Å². The Bertz CT molecular complexity index is 914. The molecule has 0 bridgehead atoms. The Morgan fingerprint density at radius 2 is 1.76 bits per heavy atom. The van der Waals surface area contributed by atoms with Gasteiger partial charge in [0.1, 0.15) is 5.82 Å². The normalized spacial score (nSPS) is 14.4. The summed E-state index contributed by atoms with van der Waals surface area (Å²) in [6, 6.07) is 9.53. The molecule has 0 saturated carbocycles. The molecular formula is C21H22BrFN2O4. The van der Waals surface area contributed by atoms with Crippen LogP contribution in [0.25, 0.3) is 0 Å². The largest absolute Gasteiger partial charge is 0.493 e. The van der Waals surface area contributed by atoms with Gasteiger partial charge in [0.2, 0.25) is 5.91 Å². The quantitative estimate of drug-likeness (QED) is 0.723. The van der Waals surface area contributed by atoms with Gasteiger partial charge in [0.15, 0.2) is 11.5 Å². The van der Waals surface area contributed by atoms with Crippen molar-refractivity contribution < 1.29 is 23.5 Å². The number of nitrogens with zero attached hydrogens (tertiary/aromatic N) is 1. The van der Waals surface area contributed by atoms with E-state index in [0.717, 1.165) is 0 Å². The van der Waals surface area contributed by atoms with Gasteiger partial charge >= 0.3 is 0 Å². The molecule has 0 spiro atoms. The van der Waals surface area contributed by atoms with Gasteiger partial charge in [-0.05, 0) is 49.2 Å². The van der Waals surface area contributed by atoms with Crippen LogP contribution in [0.15, 0.2) is 40.9 Å². The third-order valence-electron chi connectivity index (χ3n) is 4.97. The van der Waals surface area contributed by atoms with Crippen molar-refractivity contribution in [2.24, 2.45) is 5.92 Å². The monoisotopic (exact) mass is 464 g/mol. The van der Waals surface area contributed by atoms with Crippen LogP contribution in [0, 0.1) is 11.7 Å². The first-order valence-electron chi connectivity index (χ1n) is 9.20. The molecule has 0 atom stereocenters. The molecule has 1 fully saturated rings. The highest BCUT2D eigenvalue weighted by Crippen LogP contribution is 2.29. The van der Waals surface area contributed by atoms with Crippen molar-refractivity contribution in [3.63, 3.8) is 0 Å². The Hall–Kier alpha value is -2.61. The lowest BCUT2D eigenvalue weighted by molar-refractivity contribution is -0.121. The standard InChI is InChI=1S/C21H22BrFN2O4/c1-28-18-6-3-14(11-19(18)29-2)21(27)25-9-7-13(8-10-25)20(26)24-17-5-4-15(22)12-16(17)23/h3-6,11-13H,7-10H2,1-2H3,(H,24,26). The average Bonchev–Trinajstić information content (AvgIpc) is 2.74.